The summed E-state index contributed by atoms with van der Waals surface area (Å²) in [5, 5.41) is 1.02. The number of hydrogen-bond donors (Lipinski definition) is 1. The van der Waals surface area contributed by atoms with E-state index in [-0.39, 0.29) is 5.69 Å². The predicted molar refractivity (Wildman–Crippen MR) is 52.0 cm³/mol. The van der Waals surface area contributed by atoms with Gasteiger partial charge >= 0.3 is 0 Å². The first-order valence-electron chi connectivity index (χ1n) is 4.09. The van der Waals surface area contributed by atoms with E-state index >= 15 is 0 Å². The van der Waals surface area contributed by atoms with E-state index in [2.05, 4.69) is 4.98 Å². The molecule has 0 amide bonds. The molecule has 1 heterocycles. The zero-order valence-corrected chi connectivity index (χ0v) is 7.68. The number of ketones is 2. The highest BCUT2D eigenvalue weighted by atomic mass is 35.5. The van der Waals surface area contributed by atoms with Crippen LogP contribution in [0.4, 0.5) is 0 Å². The number of halogens is 1. The van der Waals surface area contributed by atoms with Crippen molar-refractivity contribution < 1.29 is 9.59 Å². The summed E-state index contributed by atoms with van der Waals surface area (Å²) >= 11 is 5.95. The van der Waals surface area contributed by atoms with Crippen LogP contribution in [0, 0.1) is 0 Å². The summed E-state index contributed by atoms with van der Waals surface area (Å²) < 4.78 is 0. The molecule has 2 bridgehead atoms. The topological polar surface area (TPSA) is 49.9 Å². The highest BCUT2D eigenvalue weighted by Crippen LogP contribution is 2.35. The Morgan fingerprint density at radius 1 is 1.14 bits per heavy atom. The molecule has 2 aromatic rings. The van der Waals surface area contributed by atoms with Crippen LogP contribution in [-0.4, -0.2) is 16.6 Å². The molecule has 3 rings (SSSR count). The molecule has 1 aliphatic rings. The Labute approximate surface area is 83.7 Å². The van der Waals surface area contributed by atoms with Gasteiger partial charge in [-0.3, -0.25) is 9.59 Å². The van der Waals surface area contributed by atoms with Crippen molar-refractivity contribution in [3.8, 4) is 0 Å². The molecule has 0 fully saturated rings. The number of benzene rings is 1. The molecular weight excluding hydrogens is 202 g/mol. The van der Waals surface area contributed by atoms with Gasteiger partial charge in [0.2, 0.25) is 5.78 Å². The van der Waals surface area contributed by atoms with Gasteiger partial charge in [-0.25, -0.2) is 0 Å². The lowest BCUT2D eigenvalue weighted by Gasteiger charge is -2.05. The summed E-state index contributed by atoms with van der Waals surface area (Å²) in [6.45, 7) is 0. The highest BCUT2D eigenvalue weighted by molar-refractivity contribution is 6.57. The van der Waals surface area contributed by atoms with Crippen molar-refractivity contribution in [2.45, 2.75) is 0 Å². The second-order valence-electron chi connectivity index (χ2n) is 3.20. The third-order valence-corrected chi connectivity index (χ3v) is 2.82. The van der Waals surface area contributed by atoms with Crippen LogP contribution in [0.1, 0.15) is 20.8 Å². The maximum Gasteiger partial charge on any atom is 0.251 e. The Bertz CT molecular complexity index is 597. The fraction of sp³-hybridized carbons (Fsp3) is 0. The zero-order chi connectivity index (χ0) is 9.87. The summed E-state index contributed by atoms with van der Waals surface area (Å²) in [5.41, 5.74) is 1.35. The number of aromatic nitrogens is 1. The van der Waals surface area contributed by atoms with Crippen molar-refractivity contribution >= 4 is 34.1 Å². The third kappa shape index (κ3) is 0.692. The molecule has 0 unspecified atom stereocenters. The predicted octanol–water partition coefficient (Wildman–Crippen LogP) is 2.20. The van der Waals surface area contributed by atoms with Crippen LogP contribution < -0.4 is 0 Å². The first kappa shape index (κ1) is 7.76. The first-order chi connectivity index (χ1) is 6.70. The molecule has 4 heteroatoms. The van der Waals surface area contributed by atoms with Crippen molar-refractivity contribution in [1.29, 1.82) is 0 Å². The van der Waals surface area contributed by atoms with Crippen LogP contribution in [0.2, 0.25) is 5.02 Å². The standard InChI is InChI=1S/C10H4ClNO2/c11-7-6-4-2-1-3-5(6)12-8(7)10(14)9(4)13/h1-3,12H. The lowest BCUT2D eigenvalue weighted by Crippen LogP contribution is -2.17. The molecule has 0 radical (unpaired) electrons. The number of hydrogen-bond acceptors (Lipinski definition) is 2. The van der Waals surface area contributed by atoms with Gasteiger partial charge in [0.15, 0.2) is 0 Å². The normalized spacial score (nSPS) is 14.4. The lowest BCUT2D eigenvalue weighted by molar-refractivity contribution is 0.0814. The quantitative estimate of drug-likeness (QED) is 0.671. The molecule has 1 aromatic heterocycles. The second kappa shape index (κ2) is 2.25. The summed E-state index contributed by atoms with van der Waals surface area (Å²) in [5.74, 6) is -1.03. The maximum atomic E-state index is 11.5. The number of H-pyrrole nitrogens is 1. The lowest BCUT2D eigenvalue weighted by atomic mass is 9.98. The Hall–Kier alpha value is -1.61. The van der Waals surface area contributed by atoms with E-state index in [4.69, 9.17) is 11.6 Å². The van der Waals surface area contributed by atoms with E-state index in [1.165, 1.54) is 0 Å². The summed E-state index contributed by atoms with van der Waals surface area (Å²) in [6, 6.07) is 5.14. The van der Waals surface area contributed by atoms with E-state index in [9.17, 15) is 9.59 Å². The van der Waals surface area contributed by atoms with Crippen LogP contribution in [0.3, 0.4) is 0 Å². The van der Waals surface area contributed by atoms with Crippen molar-refractivity contribution in [1.82, 2.24) is 4.98 Å². The van der Waals surface area contributed by atoms with E-state index in [1.54, 1.807) is 18.2 Å². The van der Waals surface area contributed by atoms with Crippen LogP contribution in [0.5, 0.6) is 0 Å². The maximum absolute atomic E-state index is 11.5. The Kier molecular flexibility index (Phi) is 1.25. The molecule has 1 aromatic carbocycles. The largest absolute Gasteiger partial charge is 0.350 e. The SMILES string of the molecule is O=C1C(=O)c2cccc3[nH]c1c(Cl)c23. The molecule has 0 spiro atoms. The molecule has 0 saturated heterocycles. The van der Waals surface area contributed by atoms with Gasteiger partial charge in [0.05, 0.1) is 5.02 Å². The Morgan fingerprint density at radius 3 is 2.71 bits per heavy atom. The van der Waals surface area contributed by atoms with Gasteiger partial charge in [0.25, 0.3) is 5.78 Å². The van der Waals surface area contributed by atoms with Crippen LogP contribution >= 0.6 is 11.6 Å². The summed E-state index contributed by atoms with van der Waals surface area (Å²) in [7, 11) is 0. The van der Waals surface area contributed by atoms with Crippen molar-refractivity contribution in [3.05, 3.63) is 34.5 Å². The minimum atomic E-state index is -0.552. The van der Waals surface area contributed by atoms with Crippen molar-refractivity contribution in [3.63, 3.8) is 0 Å². The second-order valence-corrected chi connectivity index (χ2v) is 3.58. The number of nitrogens with one attached hydrogen (secondary N) is 1. The number of Topliss-reactive ketones (excluding diaryl/α,β-unsaturated/α-hetero) is 2. The third-order valence-electron chi connectivity index (χ3n) is 2.44. The van der Waals surface area contributed by atoms with E-state index in [0.717, 1.165) is 5.52 Å². The number of rotatable bonds is 0. The van der Waals surface area contributed by atoms with Crippen molar-refractivity contribution in [2.75, 3.05) is 0 Å². The summed E-state index contributed by atoms with van der Waals surface area (Å²) in [6.07, 6.45) is 0. The average molecular weight is 206 g/mol. The fourth-order valence-corrected chi connectivity index (χ4v) is 2.13. The minimum absolute atomic E-state index is 0.213. The van der Waals surface area contributed by atoms with Crippen molar-refractivity contribution in [2.24, 2.45) is 0 Å². The number of carbonyl (C=O) groups excluding carboxylic acids is 2. The number of fused-ring (bicyclic) bond motifs is 1. The van der Waals surface area contributed by atoms with Gasteiger partial charge in [0, 0.05) is 16.5 Å². The number of carbonyl (C=O) groups is 2. The van der Waals surface area contributed by atoms with E-state index < -0.39 is 11.6 Å². The minimum Gasteiger partial charge on any atom is -0.350 e. The van der Waals surface area contributed by atoms with Crippen LogP contribution in [-0.2, 0) is 0 Å². The molecule has 68 valence electrons. The van der Waals surface area contributed by atoms with E-state index in [0.29, 0.717) is 16.0 Å². The molecular formula is C10H4ClNO2. The Balaban J connectivity index is 2.66. The molecule has 0 atom stereocenters. The van der Waals surface area contributed by atoms with Crippen LogP contribution in [0.15, 0.2) is 18.2 Å². The fourth-order valence-electron chi connectivity index (χ4n) is 1.79. The zero-order valence-electron chi connectivity index (χ0n) is 6.93. The van der Waals surface area contributed by atoms with Crippen LogP contribution in [0.25, 0.3) is 10.9 Å². The monoisotopic (exact) mass is 205 g/mol. The number of aromatic amines is 1. The highest BCUT2D eigenvalue weighted by Gasteiger charge is 2.31. The van der Waals surface area contributed by atoms with Gasteiger partial charge in [-0.15, -0.1) is 0 Å². The average Bonchev–Trinajstić information content (AvgIpc) is 2.50. The summed E-state index contributed by atoms with van der Waals surface area (Å²) in [4.78, 5) is 25.9. The van der Waals surface area contributed by atoms with Gasteiger partial charge in [-0.2, -0.15) is 0 Å². The van der Waals surface area contributed by atoms with Gasteiger partial charge in [-0.1, -0.05) is 23.7 Å². The molecule has 1 aliphatic carbocycles. The van der Waals surface area contributed by atoms with E-state index in [1.807, 2.05) is 0 Å². The molecule has 0 saturated carbocycles. The molecule has 0 aliphatic heterocycles. The first-order valence-corrected chi connectivity index (χ1v) is 4.47. The van der Waals surface area contributed by atoms with Gasteiger partial charge in [0.1, 0.15) is 5.69 Å². The smallest absolute Gasteiger partial charge is 0.251 e. The Morgan fingerprint density at radius 2 is 1.93 bits per heavy atom. The van der Waals surface area contributed by atoms with Gasteiger partial charge in [-0.05, 0) is 6.07 Å². The molecule has 3 nitrogen and oxygen atoms in total. The molecule has 1 N–H and O–H groups in total. The molecule has 14 heavy (non-hydrogen) atoms. The van der Waals surface area contributed by atoms with Gasteiger partial charge < -0.3 is 4.98 Å².